The molecule has 0 fully saturated rings. The second-order valence-electron chi connectivity index (χ2n) is 3.92. The first-order valence-electron chi connectivity index (χ1n) is 5.73. The van der Waals surface area contributed by atoms with Gasteiger partial charge in [-0.3, -0.25) is 0 Å². The van der Waals surface area contributed by atoms with E-state index in [1.807, 2.05) is 19.9 Å². The third-order valence-corrected chi connectivity index (χ3v) is 2.47. The molecule has 2 aromatic heterocycles. The van der Waals surface area contributed by atoms with E-state index in [4.69, 9.17) is 0 Å². The fourth-order valence-electron chi connectivity index (χ4n) is 1.52. The van der Waals surface area contributed by atoms with E-state index in [0.29, 0.717) is 12.5 Å². The summed E-state index contributed by atoms with van der Waals surface area (Å²) in [4.78, 5) is 16.9. The van der Waals surface area contributed by atoms with Crippen molar-refractivity contribution in [2.24, 2.45) is 0 Å². The minimum Gasteiger partial charge on any atom is -0.364 e. The molecule has 2 N–H and O–H groups in total. The highest BCUT2D eigenvalue weighted by Gasteiger charge is 2.03. The lowest BCUT2D eigenvalue weighted by atomic mass is 10.3. The Hall–Kier alpha value is -2.24. The fraction of sp³-hybridized carbons (Fsp3) is 0.333. The highest BCUT2D eigenvalue weighted by molar-refractivity contribution is 5.46. The number of hydrogen-bond donors (Lipinski definition) is 2. The first-order chi connectivity index (χ1) is 8.69. The van der Waals surface area contributed by atoms with E-state index in [1.165, 1.54) is 0 Å². The van der Waals surface area contributed by atoms with E-state index in [-0.39, 0.29) is 0 Å². The van der Waals surface area contributed by atoms with E-state index in [0.717, 1.165) is 22.9 Å². The lowest BCUT2D eigenvalue weighted by Gasteiger charge is -2.09. The Balaban J connectivity index is 2.10. The largest absolute Gasteiger partial charge is 0.364 e. The van der Waals surface area contributed by atoms with Crippen molar-refractivity contribution in [2.45, 2.75) is 20.4 Å². The SMILES string of the molecule is CNc1ncc(C)c(NCc2ccnc(C)n2)n1. The molecule has 0 spiro atoms. The van der Waals surface area contributed by atoms with Crippen molar-refractivity contribution in [3.8, 4) is 0 Å². The van der Waals surface area contributed by atoms with Crippen molar-refractivity contribution >= 4 is 11.8 Å². The molecule has 6 heteroatoms. The van der Waals surface area contributed by atoms with Crippen LogP contribution in [0, 0.1) is 13.8 Å². The molecule has 0 aliphatic rings. The molecule has 2 aromatic rings. The molecule has 18 heavy (non-hydrogen) atoms. The maximum Gasteiger partial charge on any atom is 0.224 e. The zero-order valence-electron chi connectivity index (χ0n) is 10.7. The monoisotopic (exact) mass is 244 g/mol. The molecule has 0 aliphatic heterocycles. The van der Waals surface area contributed by atoms with Crippen molar-refractivity contribution in [1.82, 2.24) is 19.9 Å². The molecule has 0 amide bonds. The summed E-state index contributed by atoms with van der Waals surface area (Å²) >= 11 is 0. The maximum absolute atomic E-state index is 4.35. The third kappa shape index (κ3) is 2.91. The molecule has 0 unspecified atom stereocenters. The van der Waals surface area contributed by atoms with Crippen molar-refractivity contribution < 1.29 is 0 Å². The van der Waals surface area contributed by atoms with Gasteiger partial charge in [0.05, 0.1) is 12.2 Å². The van der Waals surface area contributed by atoms with Crippen LogP contribution in [0.2, 0.25) is 0 Å². The first kappa shape index (κ1) is 12.2. The first-order valence-corrected chi connectivity index (χ1v) is 5.73. The molecule has 2 rings (SSSR count). The predicted octanol–water partition coefficient (Wildman–Crippen LogP) is 1.54. The van der Waals surface area contributed by atoms with Crippen LogP contribution in [0.4, 0.5) is 11.8 Å². The maximum atomic E-state index is 4.35. The summed E-state index contributed by atoms with van der Waals surface area (Å²) < 4.78 is 0. The standard InChI is InChI=1S/C12H16N6/c1-8-6-16-12(13-3)18-11(8)15-7-10-4-5-14-9(2)17-10/h4-6H,7H2,1-3H3,(H2,13,15,16,18). The summed E-state index contributed by atoms with van der Waals surface area (Å²) in [6, 6.07) is 1.88. The number of rotatable bonds is 4. The summed E-state index contributed by atoms with van der Waals surface area (Å²) in [5, 5.41) is 6.16. The molecule has 0 saturated heterocycles. The van der Waals surface area contributed by atoms with Gasteiger partial charge >= 0.3 is 0 Å². The van der Waals surface area contributed by atoms with Crippen molar-refractivity contribution in [3.63, 3.8) is 0 Å². The molecule has 0 saturated carbocycles. The molecule has 0 atom stereocenters. The summed E-state index contributed by atoms with van der Waals surface area (Å²) in [6.45, 7) is 4.45. The Morgan fingerprint density at radius 1 is 1.17 bits per heavy atom. The van der Waals surface area contributed by atoms with Gasteiger partial charge in [-0.2, -0.15) is 4.98 Å². The Morgan fingerprint density at radius 3 is 2.72 bits per heavy atom. The molecule has 94 valence electrons. The van der Waals surface area contributed by atoms with Crippen LogP contribution >= 0.6 is 0 Å². The average molecular weight is 244 g/mol. The number of anilines is 2. The van der Waals surface area contributed by atoms with Crippen LogP contribution in [-0.4, -0.2) is 27.0 Å². The van der Waals surface area contributed by atoms with Crippen molar-refractivity contribution in [2.75, 3.05) is 17.7 Å². The van der Waals surface area contributed by atoms with Crippen LogP contribution in [0.25, 0.3) is 0 Å². The Bertz CT molecular complexity index is 540. The van der Waals surface area contributed by atoms with Gasteiger partial charge in [-0.15, -0.1) is 0 Å². The van der Waals surface area contributed by atoms with Crippen molar-refractivity contribution in [1.29, 1.82) is 0 Å². The van der Waals surface area contributed by atoms with Crippen LogP contribution < -0.4 is 10.6 Å². The van der Waals surface area contributed by atoms with Gasteiger partial charge in [0.25, 0.3) is 0 Å². The van der Waals surface area contributed by atoms with Gasteiger partial charge < -0.3 is 10.6 Å². The number of aryl methyl sites for hydroxylation is 2. The normalized spacial score (nSPS) is 10.2. The number of aromatic nitrogens is 4. The minimum atomic E-state index is 0.599. The minimum absolute atomic E-state index is 0.599. The van der Waals surface area contributed by atoms with Gasteiger partial charge in [0, 0.05) is 25.0 Å². The van der Waals surface area contributed by atoms with Crippen LogP contribution in [-0.2, 0) is 6.54 Å². The summed E-state index contributed by atoms with van der Waals surface area (Å²) in [6.07, 6.45) is 3.54. The van der Waals surface area contributed by atoms with Gasteiger partial charge in [-0.05, 0) is 19.9 Å². The molecule has 0 bridgehead atoms. The summed E-state index contributed by atoms with van der Waals surface area (Å²) in [5.41, 5.74) is 1.94. The third-order valence-electron chi connectivity index (χ3n) is 2.47. The molecular formula is C12H16N6. The van der Waals surface area contributed by atoms with Crippen LogP contribution in [0.3, 0.4) is 0 Å². The highest BCUT2D eigenvalue weighted by atomic mass is 15.1. The highest BCUT2D eigenvalue weighted by Crippen LogP contribution is 2.13. The van der Waals surface area contributed by atoms with Crippen LogP contribution in [0.5, 0.6) is 0 Å². The summed E-state index contributed by atoms with van der Waals surface area (Å²) in [7, 11) is 1.79. The average Bonchev–Trinajstić information content (AvgIpc) is 2.38. The lowest BCUT2D eigenvalue weighted by molar-refractivity contribution is 0.945. The van der Waals surface area contributed by atoms with Gasteiger partial charge in [-0.25, -0.2) is 15.0 Å². The second kappa shape index (κ2) is 5.39. The van der Waals surface area contributed by atoms with Gasteiger partial charge in [0.1, 0.15) is 11.6 Å². The fourth-order valence-corrected chi connectivity index (χ4v) is 1.52. The van der Waals surface area contributed by atoms with Crippen molar-refractivity contribution in [3.05, 3.63) is 35.5 Å². The predicted molar refractivity (Wildman–Crippen MR) is 70.4 cm³/mol. The molecular weight excluding hydrogens is 228 g/mol. The van der Waals surface area contributed by atoms with Gasteiger partial charge in [0.15, 0.2) is 0 Å². The molecule has 2 heterocycles. The smallest absolute Gasteiger partial charge is 0.224 e. The summed E-state index contributed by atoms with van der Waals surface area (Å²) in [5.74, 6) is 2.18. The zero-order valence-corrected chi connectivity index (χ0v) is 10.7. The Kier molecular flexibility index (Phi) is 3.66. The topological polar surface area (TPSA) is 75.6 Å². The zero-order chi connectivity index (χ0) is 13.0. The van der Waals surface area contributed by atoms with E-state index in [9.17, 15) is 0 Å². The van der Waals surface area contributed by atoms with E-state index in [1.54, 1.807) is 19.4 Å². The Morgan fingerprint density at radius 2 is 2.00 bits per heavy atom. The quantitative estimate of drug-likeness (QED) is 0.849. The van der Waals surface area contributed by atoms with E-state index in [2.05, 4.69) is 30.6 Å². The Labute approximate surface area is 106 Å². The van der Waals surface area contributed by atoms with Crippen LogP contribution in [0.1, 0.15) is 17.1 Å². The number of hydrogen-bond acceptors (Lipinski definition) is 6. The lowest BCUT2D eigenvalue weighted by Crippen LogP contribution is -2.08. The number of nitrogens with one attached hydrogen (secondary N) is 2. The number of nitrogens with zero attached hydrogens (tertiary/aromatic N) is 4. The molecule has 0 radical (unpaired) electrons. The second-order valence-corrected chi connectivity index (χ2v) is 3.92. The molecule has 6 nitrogen and oxygen atoms in total. The van der Waals surface area contributed by atoms with E-state index >= 15 is 0 Å². The van der Waals surface area contributed by atoms with E-state index < -0.39 is 0 Å². The van der Waals surface area contributed by atoms with Gasteiger partial charge in [0.2, 0.25) is 5.95 Å². The molecule has 0 aliphatic carbocycles. The van der Waals surface area contributed by atoms with Crippen LogP contribution in [0.15, 0.2) is 18.5 Å². The van der Waals surface area contributed by atoms with Gasteiger partial charge in [-0.1, -0.05) is 0 Å². The molecule has 0 aromatic carbocycles.